The molecule has 1 fully saturated rings. The number of hydrogen-bond donors (Lipinski definition) is 1. The van der Waals surface area contributed by atoms with Crippen LogP contribution in [0.4, 0.5) is 11.4 Å². The highest BCUT2D eigenvalue weighted by molar-refractivity contribution is 7.10. The number of anilines is 2. The molecule has 2 heterocycles. The van der Waals surface area contributed by atoms with Crippen molar-refractivity contribution in [3.63, 3.8) is 0 Å². The van der Waals surface area contributed by atoms with Crippen molar-refractivity contribution >= 4 is 40.5 Å². The third-order valence-corrected chi connectivity index (χ3v) is 6.80. The molecule has 1 aliphatic heterocycles. The van der Waals surface area contributed by atoms with Crippen molar-refractivity contribution in [3.05, 3.63) is 76.5 Å². The van der Waals surface area contributed by atoms with Crippen LogP contribution in [0.3, 0.4) is 0 Å². The molecular formula is C27H28N2O5S. The zero-order valence-corrected chi connectivity index (χ0v) is 20.5. The zero-order chi connectivity index (χ0) is 24.8. The summed E-state index contributed by atoms with van der Waals surface area (Å²) >= 11 is 1.49. The van der Waals surface area contributed by atoms with E-state index in [-0.39, 0.29) is 12.3 Å². The molecule has 0 aliphatic carbocycles. The summed E-state index contributed by atoms with van der Waals surface area (Å²) in [6, 6.07) is 18.1. The lowest BCUT2D eigenvalue weighted by Gasteiger charge is -2.39. The summed E-state index contributed by atoms with van der Waals surface area (Å²) in [5.74, 6) is -1.04. The number of benzene rings is 2. The molecule has 8 heteroatoms. The van der Waals surface area contributed by atoms with E-state index in [4.69, 9.17) is 9.47 Å². The fourth-order valence-corrected chi connectivity index (χ4v) is 5.10. The predicted molar refractivity (Wildman–Crippen MR) is 136 cm³/mol. The molecule has 4 rings (SSSR count). The molecule has 0 saturated carbocycles. The summed E-state index contributed by atoms with van der Waals surface area (Å²) in [7, 11) is 0. The van der Waals surface area contributed by atoms with Gasteiger partial charge in [0.05, 0.1) is 24.3 Å². The van der Waals surface area contributed by atoms with Crippen LogP contribution < -0.4 is 15.0 Å². The number of nitrogens with one attached hydrogen (secondary N) is 1. The van der Waals surface area contributed by atoms with Crippen LogP contribution >= 0.6 is 11.3 Å². The molecule has 35 heavy (non-hydrogen) atoms. The number of aryl methyl sites for hydroxylation is 1. The van der Waals surface area contributed by atoms with Crippen molar-refractivity contribution in [1.29, 1.82) is 0 Å². The molecule has 2 aromatic carbocycles. The molecule has 2 unspecified atom stereocenters. The lowest BCUT2D eigenvalue weighted by molar-refractivity contribution is -0.153. The molecule has 0 bridgehead atoms. The van der Waals surface area contributed by atoms with E-state index in [1.54, 1.807) is 23.1 Å². The number of nitrogens with zero attached hydrogens (tertiary/aromatic N) is 1. The molecule has 1 saturated heterocycles. The van der Waals surface area contributed by atoms with Crippen LogP contribution in [0.5, 0.6) is 5.75 Å². The van der Waals surface area contributed by atoms with Gasteiger partial charge in [-0.1, -0.05) is 35.9 Å². The number of para-hydroxylation sites is 2. The number of hydrogen-bond acceptors (Lipinski definition) is 6. The fraction of sp³-hybridized carbons (Fsp3) is 0.296. The Hall–Kier alpha value is -3.65. The Labute approximate surface area is 208 Å². The van der Waals surface area contributed by atoms with Gasteiger partial charge in [0.15, 0.2) is 6.61 Å². The predicted octanol–water partition coefficient (Wildman–Crippen LogP) is 5.12. The van der Waals surface area contributed by atoms with E-state index in [2.05, 4.69) is 5.32 Å². The smallest absolute Gasteiger partial charge is 0.311 e. The quantitative estimate of drug-likeness (QED) is 0.441. The topological polar surface area (TPSA) is 84.9 Å². The lowest BCUT2D eigenvalue weighted by Crippen LogP contribution is -2.46. The van der Waals surface area contributed by atoms with E-state index in [1.165, 1.54) is 11.3 Å². The first-order valence-electron chi connectivity index (χ1n) is 11.6. The second kappa shape index (κ2) is 11.2. The van der Waals surface area contributed by atoms with E-state index in [9.17, 15) is 14.4 Å². The number of piperidine rings is 1. The third-order valence-electron chi connectivity index (χ3n) is 5.85. The SMILES string of the molecule is CCOc1ccccc1NC(=O)COC(=O)C1CCC(=O)N(c2ccc(C)cc2)C1c1cccs1. The fourth-order valence-electron chi connectivity index (χ4n) is 4.22. The second-order valence-corrected chi connectivity index (χ2v) is 9.27. The summed E-state index contributed by atoms with van der Waals surface area (Å²) in [6.45, 7) is 3.88. The summed E-state index contributed by atoms with van der Waals surface area (Å²) < 4.78 is 11.0. The lowest BCUT2D eigenvalue weighted by atomic mass is 9.87. The van der Waals surface area contributed by atoms with Crippen molar-refractivity contribution in [1.82, 2.24) is 0 Å². The molecule has 1 aromatic heterocycles. The average molecular weight is 493 g/mol. The van der Waals surface area contributed by atoms with Gasteiger partial charge < -0.3 is 19.7 Å². The van der Waals surface area contributed by atoms with Gasteiger partial charge in [-0.15, -0.1) is 11.3 Å². The zero-order valence-electron chi connectivity index (χ0n) is 19.7. The summed E-state index contributed by atoms with van der Waals surface area (Å²) in [5, 5.41) is 4.66. The van der Waals surface area contributed by atoms with Gasteiger partial charge in [-0.25, -0.2) is 0 Å². The maximum Gasteiger partial charge on any atom is 0.311 e. The average Bonchev–Trinajstić information content (AvgIpc) is 3.39. The summed E-state index contributed by atoms with van der Waals surface area (Å²) in [6.07, 6.45) is 0.584. The van der Waals surface area contributed by atoms with Crippen LogP contribution in [-0.4, -0.2) is 31.0 Å². The first-order valence-corrected chi connectivity index (χ1v) is 12.5. The minimum absolute atomic E-state index is 0.0402. The monoisotopic (exact) mass is 492 g/mol. The van der Waals surface area contributed by atoms with Gasteiger partial charge in [0.2, 0.25) is 5.91 Å². The van der Waals surface area contributed by atoms with E-state index in [0.717, 1.165) is 16.1 Å². The Morgan fingerprint density at radius 1 is 1.09 bits per heavy atom. The third kappa shape index (κ3) is 5.71. The number of thiophene rings is 1. The van der Waals surface area contributed by atoms with Gasteiger partial charge >= 0.3 is 5.97 Å². The number of amides is 2. The van der Waals surface area contributed by atoms with Gasteiger partial charge in [-0.3, -0.25) is 14.4 Å². The second-order valence-electron chi connectivity index (χ2n) is 8.29. The van der Waals surface area contributed by atoms with Crippen LogP contribution in [0.15, 0.2) is 66.0 Å². The van der Waals surface area contributed by atoms with Crippen LogP contribution in [0.25, 0.3) is 0 Å². The van der Waals surface area contributed by atoms with Crippen LogP contribution in [-0.2, 0) is 19.1 Å². The van der Waals surface area contributed by atoms with Crippen molar-refractivity contribution in [2.45, 2.75) is 32.7 Å². The maximum absolute atomic E-state index is 13.2. The minimum atomic E-state index is -0.587. The standard InChI is InChI=1S/C27H28N2O5S/c1-3-33-22-8-5-4-7-21(22)28-24(30)17-34-27(32)20-14-15-25(31)29(19-12-10-18(2)11-13-19)26(20)23-9-6-16-35-23/h4-13,16,20,26H,3,14-15,17H2,1-2H3,(H,28,30). The molecule has 1 N–H and O–H groups in total. The minimum Gasteiger partial charge on any atom is -0.492 e. The Morgan fingerprint density at radius 2 is 1.86 bits per heavy atom. The largest absolute Gasteiger partial charge is 0.492 e. The van der Waals surface area contributed by atoms with Gasteiger partial charge in [0.1, 0.15) is 5.75 Å². The van der Waals surface area contributed by atoms with E-state index < -0.39 is 30.4 Å². The number of ether oxygens (including phenoxy) is 2. The maximum atomic E-state index is 13.2. The Balaban J connectivity index is 1.49. The first kappa shape index (κ1) is 24.5. The van der Waals surface area contributed by atoms with E-state index >= 15 is 0 Å². The molecule has 0 spiro atoms. The highest BCUT2D eigenvalue weighted by Crippen LogP contribution is 2.42. The van der Waals surface area contributed by atoms with Crippen LogP contribution in [0.2, 0.25) is 0 Å². The Kier molecular flexibility index (Phi) is 7.82. The molecular weight excluding hydrogens is 464 g/mol. The van der Waals surface area contributed by atoms with Gasteiger partial charge in [-0.2, -0.15) is 0 Å². The molecule has 2 amide bonds. The number of esters is 1. The van der Waals surface area contributed by atoms with Gasteiger partial charge in [-0.05, 0) is 56.0 Å². The van der Waals surface area contributed by atoms with Crippen molar-refractivity contribution < 1.29 is 23.9 Å². The summed E-state index contributed by atoms with van der Waals surface area (Å²) in [4.78, 5) is 41.3. The molecule has 7 nitrogen and oxygen atoms in total. The Bertz CT molecular complexity index is 1180. The highest BCUT2D eigenvalue weighted by Gasteiger charge is 2.43. The van der Waals surface area contributed by atoms with Crippen molar-refractivity contribution in [2.24, 2.45) is 5.92 Å². The Morgan fingerprint density at radius 3 is 2.57 bits per heavy atom. The van der Waals surface area contributed by atoms with Crippen LogP contribution in [0, 0.1) is 12.8 Å². The van der Waals surface area contributed by atoms with Gasteiger partial charge in [0.25, 0.3) is 5.91 Å². The van der Waals surface area contributed by atoms with Crippen molar-refractivity contribution in [2.75, 3.05) is 23.4 Å². The first-order chi connectivity index (χ1) is 17.0. The normalized spacial score (nSPS) is 17.7. The van der Waals surface area contributed by atoms with E-state index in [1.807, 2.05) is 61.7 Å². The number of carbonyl (C=O) groups is 3. The van der Waals surface area contributed by atoms with Gasteiger partial charge in [0, 0.05) is 17.0 Å². The molecule has 1 aliphatic rings. The van der Waals surface area contributed by atoms with Crippen LogP contribution in [0.1, 0.15) is 36.2 Å². The number of carbonyl (C=O) groups excluding carboxylic acids is 3. The molecule has 182 valence electrons. The van der Waals surface area contributed by atoms with Crippen molar-refractivity contribution in [3.8, 4) is 5.75 Å². The summed E-state index contributed by atoms with van der Waals surface area (Å²) in [5.41, 5.74) is 2.33. The molecule has 0 radical (unpaired) electrons. The molecule has 2 atom stereocenters. The number of rotatable bonds is 8. The van der Waals surface area contributed by atoms with E-state index in [0.29, 0.717) is 24.5 Å². The molecule has 3 aromatic rings. The highest BCUT2D eigenvalue weighted by atomic mass is 32.1.